The van der Waals surface area contributed by atoms with Gasteiger partial charge in [0.25, 0.3) is 0 Å². The second-order valence-corrected chi connectivity index (χ2v) is 7.13. The molecule has 5 nitrogen and oxygen atoms in total. The van der Waals surface area contributed by atoms with Gasteiger partial charge in [-0.3, -0.25) is 0 Å². The van der Waals surface area contributed by atoms with Gasteiger partial charge in [-0.2, -0.15) is 0 Å². The number of aromatic nitrogens is 1. The standard InChI is InChI=1S/C13H17N3O2S/c1-13(2,3)16-19(17,18)10-5-6-11-9(8-10)4-7-12(14)15-11/h4-8,16H,1-3H3,(H2,14,15). The molecule has 0 aliphatic heterocycles. The van der Waals surface area contributed by atoms with Crippen LogP contribution in [0.2, 0.25) is 0 Å². The van der Waals surface area contributed by atoms with E-state index in [1.807, 2.05) is 0 Å². The summed E-state index contributed by atoms with van der Waals surface area (Å²) in [7, 11) is -3.53. The third kappa shape index (κ3) is 3.21. The lowest BCUT2D eigenvalue weighted by molar-refractivity contribution is 0.491. The molecule has 6 heteroatoms. The van der Waals surface area contributed by atoms with Gasteiger partial charge in [0.05, 0.1) is 10.4 Å². The number of nitrogen functional groups attached to an aromatic ring is 1. The van der Waals surface area contributed by atoms with Crippen molar-refractivity contribution in [1.82, 2.24) is 9.71 Å². The number of rotatable bonds is 2. The lowest BCUT2D eigenvalue weighted by Crippen LogP contribution is -2.40. The summed E-state index contributed by atoms with van der Waals surface area (Å²) in [6, 6.07) is 8.19. The second kappa shape index (κ2) is 4.47. The van der Waals surface area contributed by atoms with Crippen molar-refractivity contribution in [3.05, 3.63) is 30.3 Å². The van der Waals surface area contributed by atoms with Gasteiger partial charge in [-0.05, 0) is 51.1 Å². The van der Waals surface area contributed by atoms with Crippen LogP contribution in [0.4, 0.5) is 5.82 Å². The minimum absolute atomic E-state index is 0.224. The molecular formula is C13H17N3O2S. The van der Waals surface area contributed by atoms with Crippen molar-refractivity contribution in [2.75, 3.05) is 5.73 Å². The fourth-order valence-electron chi connectivity index (χ4n) is 1.75. The number of nitrogens with zero attached hydrogens (tertiary/aromatic N) is 1. The number of hydrogen-bond acceptors (Lipinski definition) is 4. The maximum absolute atomic E-state index is 12.2. The summed E-state index contributed by atoms with van der Waals surface area (Å²) >= 11 is 0. The molecule has 0 atom stereocenters. The Kier molecular flexibility index (Phi) is 3.24. The topological polar surface area (TPSA) is 85.1 Å². The summed E-state index contributed by atoms with van der Waals surface area (Å²) in [5.74, 6) is 0.413. The molecule has 1 heterocycles. The number of anilines is 1. The fraction of sp³-hybridized carbons (Fsp3) is 0.308. The Morgan fingerprint density at radius 1 is 1.16 bits per heavy atom. The Balaban J connectivity index is 2.49. The zero-order chi connectivity index (χ0) is 14.3. The van der Waals surface area contributed by atoms with E-state index in [0.29, 0.717) is 11.3 Å². The smallest absolute Gasteiger partial charge is 0.241 e. The Morgan fingerprint density at radius 3 is 2.47 bits per heavy atom. The highest BCUT2D eigenvalue weighted by Crippen LogP contribution is 2.20. The monoisotopic (exact) mass is 279 g/mol. The van der Waals surface area contributed by atoms with Crippen molar-refractivity contribution in [3.63, 3.8) is 0 Å². The van der Waals surface area contributed by atoms with Crippen molar-refractivity contribution in [3.8, 4) is 0 Å². The molecule has 0 saturated heterocycles. The summed E-state index contributed by atoms with van der Waals surface area (Å²) in [5, 5.41) is 0.742. The van der Waals surface area contributed by atoms with E-state index >= 15 is 0 Å². The van der Waals surface area contributed by atoms with Crippen molar-refractivity contribution in [2.45, 2.75) is 31.2 Å². The van der Waals surface area contributed by atoms with E-state index in [1.165, 1.54) is 6.07 Å². The highest BCUT2D eigenvalue weighted by molar-refractivity contribution is 7.89. The normalized spacial score (nSPS) is 12.8. The quantitative estimate of drug-likeness (QED) is 0.879. The van der Waals surface area contributed by atoms with E-state index in [0.717, 1.165) is 5.39 Å². The van der Waals surface area contributed by atoms with Crippen molar-refractivity contribution >= 4 is 26.7 Å². The van der Waals surface area contributed by atoms with Gasteiger partial charge in [0.1, 0.15) is 5.82 Å². The van der Waals surface area contributed by atoms with Crippen LogP contribution in [-0.2, 0) is 10.0 Å². The Hall–Kier alpha value is -1.66. The van der Waals surface area contributed by atoms with Gasteiger partial charge in [-0.25, -0.2) is 18.1 Å². The fourth-order valence-corrected chi connectivity index (χ4v) is 3.20. The molecule has 102 valence electrons. The summed E-state index contributed by atoms with van der Waals surface area (Å²) < 4.78 is 27.0. The number of sulfonamides is 1. The second-order valence-electron chi connectivity index (χ2n) is 5.45. The average molecular weight is 279 g/mol. The lowest BCUT2D eigenvalue weighted by atomic mass is 10.1. The number of pyridine rings is 1. The van der Waals surface area contributed by atoms with Crippen LogP contribution < -0.4 is 10.5 Å². The molecule has 1 aromatic heterocycles. The molecule has 0 radical (unpaired) electrons. The van der Waals surface area contributed by atoms with E-state index in [1.54, 1.807) is 45.0 Å². The van der Waals surface area contributed by atoms with Crippen molar-refractivity contribution in [1.29, 1.82) is 0 Å². The molecule has 0 spiro atoms. The first-order valence-electron chi connectivity index (χ1n) is 5.88. The summed E-state index contributed by atoms with van der Waals surface area (Å²) in [4.78, 5) is 4.36. The molecule has 0 unspecified atom stereocenters. The summed E-state index contributed by atoms with van der Waals surface area (Å²) in [6.45, 7) is 5.40. The highest BCUT2D eigenvalue weighted by Gasteiger charge is 2.22. The number of fused-ring (bicyclic) bond motifs is 1. The van der Waals surface area contributed by atoms with Crippen LogP contribution in [-0.4, -0.2) is 18.9 Å². The van der Waals surface area contributed by atoms with Crippen LogP contribution in [0.5, 0.6) is 0 Å². The van der Waals surface area contributed by atoms with Gasteiger partial charge < -0.3 is 5.73 Å². The minimum Gasteiger partial charge on any atom is -0.384 e. The summed E-state index contributed by atoms with van der Waals surface area (Å²) in [6.07, 6.45) is 0. The molecule has 19 heavy (non-hydrogen) atoms. The first-order valence-corrected chi connectivity index (χ1v) is 7.36. The van der Waals surface area contributed by atoms with Crippen LogP contribution in [0.15, 0.2) is 35.2 Å². The van der Waals surface area contributed by atoms with Crippen LogP contribution in [0, 0.1) is 0 Å². The Bertz CT molecular complexity index is 718. The Morgan fingerprint density at radius 2 is 1.84 bits per heavy atom. The van der Waals surface area contributed by atoms with Gasteiger partial charge in [-0.15, -0.1) is 0 Å². The first-order chi connectivity index (χ1) is 8.67. The Labute approximate surface area is 112 Å². The van der Waals surface area contributed by atoms with E-state index in [4.69, 9.17) is 5.73 Å². The highest BCUT2D eigenvalue weighted by atomic mass is 32.2. The predicted molar refractivity (Wildman–Crippen MR) is 76.2 cm³/mol. The molecule has 1 aromatic carbocycles. The largest absolute Gasteiger partial charge is 0.384 e. The lowest BCUT2D eigenvalue weighted by Gasteiger charge is -2.20. The molecule has 0 fully saturated rings. The molecule has 0 aliphatic carbocycles. The van der Waals surface area contributed by atoms with E-state index < -0.39 is 15.6 Å². The number of nitrogens with one attached hydrogen (secondary N) is 1. The maximum atomic E-state index is 12.2. The van der Waals surface area contributed by atoms with E-state index in [9.17, 15) is 8.42 Å². The van der Waals surface area contributed by atoms with E-state index in [-0.39, 0.29) is 4.90 Å². The van der Waals surface area contributed by atoms with Gasteiger partial charge >= 0.3 is 0 Å². The third-order valence-electron chi connectivity index (χ3n) is 2.43. The molecule has 0 saturated carbocycles. The molecule has 2 aromatic rings. The van der Waals surface area contributed by atoms with Crippen LogP contribution in [0.25, 0.3) is 10.9 Å². The summed E-state index contributed by atoms with van der Waals surface area (Å²) in [5.41, 5.74) is 5.74. The first kappa shape index (κ1) is 13.8. The predicted octanol–water partition coefficient (Wildman–Crippen LogP) is 1.89. The minimum atomic E-state index is -3.53. The molecule has 2 rings (SSSR count). The molecule has 3 N–H and O–H groups in total. The van der Waals surface area contributed by atoms with Gasteiger partial charge in [0, 0.05) is 10.9 Å². The molecule has 0 aliphatic rings. The van der Waals surface area contributed by atoms with Gasteiger partial charge in [0.15, 0.2) is 0 Å². The third-order valence-corrected chi connectivity index (χ3v) is 4.19. The van der Waals surface area contributed by atoms with Crippen LogP contribution >= 0.6 is 0 Å². The molecule has 0 bridgehead atoms. The number of benzene rings is 1. The van der Waals surface area contributed by atoms with Crippen LogP contribution in [0.1, 0.15) is 20.8 Å². The van der Waals surface area contributed by atoms with Crippen molar-refractivity contribution < 1.29 is 8.42 Å². The SMILES string of the molecule is CC(C)(C)NS(=O)(=O)c1ccc2nc(N)ccc2c1. The molecular weight excluding hydrogens is 262 g/mol. The molecule has 0 amide bonds. The van der Waals surface area contributed by atoms with Gasteiger partial charge in [-0.1, -0.05) is 0 Å². The zero-order valence-corrected chi connectivity index (χ0v) is 12.0. The van der Waals surface area contributed by atoms with Crippen LogP contribution in [0.3, 0.4) is 0 Å². The average Bonchev–Trinajstić information content (AvgIpc) is 2.25. The maximum Gasteiger partial charge on any atom is 0.241 e. The zero-order valence-electron chi connectivity index (χ0n) is 11.1. The van der Waals surface area contributed by atoms with Crippen molar-refractivity contribution in [2.24, 2.45) is 0 Å². The van der Waals surface area contributed by atoms with E-state index in [2.05, 4.69) is 9.71 Å². The number of hydrogen-bond donors (Lipinski definition) is 2. The number of nitrogens with two attached hydrogens (primary N) is 1. The van der Waals surface area contributed by atoms with Gasteiger partial charge in [0.2, 0.25) is 10.0 Å².